The standard InChI is InChI=1S/C18H25N5/c1-14-11-15-5-3-4-6-18(15)23(14)16-7-9-22(10-8-16)13-17-12-19-20-21(17)2/h3-6,12,14,16H,7-11,13H2,1-2H3. The van der Waals surface area contributed by atoms with Crippen LogP contribution in [0.1, 0.15) is 31.0 Å². The van der Waals surface area contributed by atoms with Crippen LogP contribution in [-0.4, -0.2) is 45.1 Å². The summed E-state index contributed by atoms with van der Waals surface area (Å²) in [6, 6.07) is 10.2. The summed E-state index contributed by atoms with van der Waals surface area (Å²) in [4.78, 5) is 5.21. The predicted octanol–water partition coefficient (Wildman–Crippen LogP) is 2.23. The number of benzene rings is 1. The second-order valence-electron chi connectivity index (χ2n) is 6.95. The van der Waals surface area contributed by atoms with Crippen LogP contribution in [0.4, 0.5) is 5.69 Å². The van der Waals surface area contributed by atoms with Gasteiger partial charge in [-0.15, -0.1) is 5.10 Å². The van der Waals surface area contributed by atoms with E-state index in [9.17, 15) is 0 Å². The van der Waals surface area contributed by atoms with Crippen molar-refractivity contribution in [2.45, 2.75) is 44.8 Å². The molecule has 1 aromatic carbocycles. The number of rotatable bonds is 3. The molecule has 0 saturated carbocycles. The van der Waals surface area contributed by atoms with Gasteiger partial charge in [0, 0.05) is 44.5 Å². The second kappa shape index (κ2) is 5.96. The van der Waals surface area contributed by atoms with Crippen molar-refractivity contribution in [1.29, 1.82) is 0 Å². The van der Waals surface area contributed by atoms with E-state index in [0.717, 1.165) is 19.6 Å². The van der Waals surface area contributed by atoms with Crippen LogP contribution in [0.3, 0.4) is 0 Å². The lowest BCUT2D eigenvalue weighted by Crippen LogP contribution is -2.47. The quantitative estimate of drug-likeness (QED) is 0.871. The fraction of sp³-hybridized carbons (Fsp3) is 0.556. The Bertz CT molecular complexity index is 672. The van der Waals surface area contributed by atoms with Crippen LogP contribution in [-0.2, 0) is 20.0 Å². The third kappa shape index (κ3) is 2.74. The summed E-state index contributed by atoms with van der Waals surface area (Å²) in [7, 11) is 1.97. The molecule has 0 bridgehead atoms. The molecule has 2 aromatic rings. The van der Waals surface area contributed by atoms with Crippen LogP contribution >= 0.6 is 0 Å². The Balaban J connectivity index is 1.41. The number of hydrogen-bond donors (Lipinski definition) is 0. The van der Waals surface area contributed by atoms with E-state index in [-0.39, 0.29) is 0 Å². The van der Waals surface area contributed by atoms with Crippen LogP contribution < -0.4 is 4.90 Å². The molecule has 2 aliphatic heterocycles. The minimum atomic E-state index is 0.630. The number of hydrogen-bond acceptors (Lipinski definition) is 4. The lowest BCUT2D eigenvalue weighted by molar-refractivity contribution is 0.195. The number of aryl methyl sites for hydroxylation is 1. The van der Waals surface area contributed by atoms with Crippen LogP contribution in [0.5, 0.6) is 0 Å². The number of piperidine rings is 1. The van der Waals surface area contributed by atoms with Crippen LogP contribution in [0.2, 0.25) is 0 Å². The zero-order chi connectivity index (χ0) is 15.8. The van der Waals surface area contributed by atoms with Crippen molar-refractivity contribution in [1.82, 2.24) is 19.9 Å². The smallest absolute Gasteiger partial charge is 0.0738 e. The molecule has 1 fully saturated rings. The highest BCUT2D eigenvalue weighted by molar-refractivity contribution is 5.60. The Kier molecular flexibility index (Phi) is 3.81. The molecule has 23 heavy (non-hydrogen) atoms. The van der Waals surface area contributed by atoms with Crippen molar-refractivity contribution >= 4 is 5.69 Å². The van der Waals surface area contributed by atoms with Crippen LogP contribution in [0.25, 0.3) is 0 Å². The molecular weight excluding hydrogens is 286 g/mol. The average molecular weight is 311 g/mol. The molecule has 1 aromatic heterocycles. The van der Waals surface area contributed by atoms with E-state index in [4.69, 9.17) is 0 Å². The van der Waals surface area contributed by atoms with E-state index in [0.29, 0.717) is 12.1 Å². The topological polar surface area (TPSA) is 37.2 Å². The Morgan fingerprint density at radius 2 is 1.96 bits per heavy atom. The van der Waals surface area contributed by atoms with Crippen molar-refractivity contribution in [3.8, 4) is 0 Å². The molecule has 122 valence electrons. The number of likely N-dealkylation sites (tertiary alicyclic amines) is 1. The molecule has 0 N–H and O–H groups in total. The second-order valence-corrected chi connectivity index (χ2v) is 6.95. The highest BCUT2D eigenvalue weighted by Gasteiger charge is 2.33. The number of nitrogens with zero attached hydrogens (tertiary/aromatic N) is 5. The van der Waals surface area contributed by atoms with Crippen molar-refractivity contribution in [2.24, 2.45) is 7.05 Å². The SMILES string of the molecule is CC1Cc2ccccc2N1C1CCN(Cc2cnnn2C)CC1. The number of fused-ring (bicyclic) bond motifs is 1. The highest BCUT2D eigenvalue weighted by atomic mass is 15.4. The number of anilines is 1. The summed E-state index contributed by atoms with van der Waals surface area (Å²) in [6.45, 7) is 5.64. The monoisotopic (exact) mass is 311 g/mol. The summed E-state index contributed by atoms with van der Waals surface area (Å²) in [6.07, 6.45) is 5.55. The Morgan fingerprint density at radius 3 is 2.70 bits per heavy atom. The summed E-state index contributed by atoms with van der Waals surface area (Å²) in [5.41, 5.74) is 4.18. The Labute approximate surface area is 137 Å². The van der Waals surface area contributed by atoms with Gasteiger partial charge in [-0.25, -0.2) is 0 Å². The van der Waals surface area contributed by atoms with E-state index >= 15 is 0 Å². The first kappa shape index (κ1) is 14.7. The summed E-state index contributed by atoms with van der Waals surface area (Å²) < 4.78 is 1.88. The number of para-hydroxylation sites is 1. The molecule has 0 radical (unpaired) electrons. The fourth-order valence-electron chi connectivity index (χ4n) is 4.18. The zero-order valence-electron chi connectivity index (χ0n) is 14.0. The minimum absolute atomic E-state index is 0.630. The van der Waals surface area contributed by atoms with E-state index in [2.05, 4.69) is 51.3 Å². The van der Waals surface area contributed by atoms with Gasteiger partial charge in [0.05, 0.1) is 11.9 Å². The molecule has 5 heteroatoms. The average Bonchev–Trinajstić information content (AvgIpc) is 3.11. The molecule has 0 amide bonds. The largest absolute Gasteiger partial charge is 0.365 e. The molecule has 0 aliphatic carbocycles. The fourth-order valence-corrected chi connectivity index (χ4v) is 4.18. The van der Waals surface area contributed by atoms with E-state index in [1.54, 1.807) is 0 Å². The zero-order valence-corrected chi connectivity index (χ0v) is 14.0. The van der Waals surface area contributed by atoms with Gasteiger partial charge in [-0.1, -0.05) is 23.4 Å². The third-order valence-corrected chi connectivity index (χ3v) is 5.40. The molecule has 4 rings (SSSR count). The maximum Gasteiger partial charge on any atom is 0.0738 e. The summed E-state index contributed by atoms with van der Waals surface area (Å²) >= 11 is 0. The number of aromatic nitrogens is 3. The van der Waals surface area contributed by atoms with Crippen LogP contribution in [0.15, 0.2) is 30.5 Å². The van der Waals surface area contributed by atoms with E-state index < -0.39 is 0 Å². The molecule has 1 unspecified atom stereocenters. The van der Waals surface area contributed by atoms with Crippen molar-refractivity contribution < 1.29 is 0 Å². The van der Waals surface area contributed by atoms with Crippen molar-refractivity contribution in [2.75, 3.05) is 18.0 Å². The van der Waals surface area contributed by atoms with Gasteiger partial charge in [-0.05, 0) is 37.8 Å². The maximum atomic E-state index is 4.03. The van der Waals surface area contributed by atoms with Gasteiger partial charge in [-0.3, -0.25) is 9.58 Å². The molecule has 0 spiro atoms. The molecule has 5 nitrogen and oxygen atoms in total. The van der Waals surface area contributed by atoms with Gasteiger partial charge in [0.1, 0.15) is 0 Å². The van der Waals surface area contributed by atoms with Gasteiger partial charge in [0.15, 0.2) is 0 Å². The third-order valence-electron chi connectivity index (χ3n) is 5.40. The van der Waals surface area contributed by atoms with Gasteiger partial charge in [0.2, 0.25) is 0 Å². The normalized spacial score (nSPS) is 22.5. The maximum absolute atomic E-state index is 4.03. The van der Waals surface area contributed by atoms with Crippen molar-refractivity contribution in [3.63, 3.8) is 0 Å². The molecule has 1 saturated heterocycles. The Morgan fingerprint density at radius 1 is 1.17 bits per heavy atom. The summed E-state index contributed by atoms with van der Waals surface area (Å²) in [5.74, 6) is 0. The molecule has 1 atom stereocenters. The first-order chi connectivity index (χ1) is 11.2. The lowest BCUT2D eigenvalue weighted by Gasteiger charge is -2.40. The highest BCUT2D eigenvalue weighted by Crippen LogP contribution is 2.36. The molecular formula is C18H25N5. The van der Waals surface area contributed by atoms with Gasteiger partial charge >= 0.3 is 0 Å². The van der Waals surface area contributed by atoms with Crippen LogP contribution in [0, 0.1) is 0 Å². The van der Waals surface area contributed by atoms with Gasteiger partial charge < -0.3 is 4.90 Å². The van der Waals surface area contributed by atoms with Gasteiger partial charge in [-0.2, -0.15) is 0 Å². The molecule has 3 heterocycles. The predicted molar refractivity (Wildman–Crippen MR) is 91.4 cm³/mol. The van der Waals surface area contributed by atoms with E-state index in [1.807, 2.05) is 17.9 Å². The Hall–Kier alpha value is -1.88. The minimum Gasteiger partial charge on any atom is -0.365 e. The van der Waals surface area contributed by atoms with Gasteiger partial charge in [0.25, 0.3) is 0 Å². The molecule has 2 aliphatic rings. The summed E-state index contributed by atoms with van der Waals surface area (Å²) in [5, 5.41) is 8.01. The van der Waals surface area contributed by atoms with Crippen molar-refractivity contribution in [3.05, 3.63) is 41.7 Å². The first-order valence-electron chi connectivity index (χ1n) is 8.64. The lowest BCUT2D eigenvalue weighted by atomic mass is 10.0. The van der Waals surface area contributed by atoms with E-state index in [1.165, 1.54) is 36.2 Å². The first-order valence-corrected chi connectivity index (χ1v) is 8.64.